The van der Waals surface area contributed by atoms with Crippen molar-refractivity contribution in [3.8, 4) is 0 Å². The summed E-state index contributed by atoms with van der Waals surface area (Å²) >= 11 is 5.80. The molecule has 1 aromatic rings. The molecule has 1 aliphatic heterocycles. The third kappa shape index (κ3) is 2.48. The SMILES string of the molecule is CCN1C(=O)CC[C@@]1(Cc1ccc(F)c(F)c1Cl)C(N)=O. The van der Waals surface area contributed by atoms with E-state index >= 15 is 0 Å². The predicted molar refractivity (Wildman–Crippen MR) is 73.6 cm³/mol. The highest BCUT2D eigenvalue weighted by Crippen LogP contribution is 2.35. The lowest BCUT2D eigenvalue weighted by molar-refractivity contribution is -0.139. The number of likely N-dealkylation sites (tertiary alicyclic amines) is 1. The average molecular weight is 317 g/mol. The lowest BCUT2D eigenvalue weighted by Gasteiger charge is -2.35. The number of carbonyl (C=O) groups is 2. The molecule has 7 heteroatoms. The van der Waals surface area contributed by atoms with Crippen LogP contribution in [0.3, 0.4) is 0 Å². The van der Waals surface area contributed by atoms with Gasteiger partial charge in [0.05, 0.1) is 5.02 Å². The number of carbonyl (C=O) groups excluding carboxylic acids is 2. The minimum atomic E-state index is -1.24. The van der Waals surface area contributed by atoms with E-state index in [0.717, 1.165) is 6.07 Å². The molecule has 1 heterocycles. The summed E-state index contributed by atoms with van der Waals surface area (Å²) in [6, 6.07) is 2.25. The van der Waals surface area contributed by atoms with Crippen LogP contribution >= 0.6 is 11.6 Å². The molecule has 0 bridgehead atoms. The first-order chi connectivity index (χ1) is 9.83. The second-order valence-corrected chi connectivity index (χ2v) is 5.42. The molecule has 2 rings (SSSR count). The molecular weight excluding hydrogens is 302 g/mol. The topological polar surface area (TPSA) is 63.4 Å². The van der Waals surface area contributed by atoms with Crippen LogP contribution in [0.5, 0.6) is 0 Å². The summed E-state index contributed by atoms with van der Waals surface area (Å²) in [5, 5.41) is -0.383. The van der Waals surface area contributed by atoms with E-state index in [4.69, 9.17) is 17.3 Å². The van der Waals surface area contributed by atoms with Crippen LogP contribution in [0.25, 0.3) is 0 Å². The molecule has 114 valence electrons. The molecule has 21 heavy (non-hydrogen) atoms. The maximum absolute atomic E-state index is 13.5. The Morgan fingerprint density at radius 3 is 2.71 bits per heavy atom. The number of amides is 2. The number of nitrogens with two attached hydrogens (primary N) is 1. The highest BCUT2D eigenvalue weighted by Gasteiger charge is 2.49. The molecule has 2 N–H and O–H groups in total. The zero-order valence-electron chi connectivity index (χ0n) is 11.5. The van der Waals surface area contributed by atoms with Gasteiger partial charge in [0.25, 0.3) is 0 Å². The maximum Gasteiger partial charge on any atom is 0.243 e. The van der Waals surface area contributed by atoms with E-state index in [1.54, 1.807) is 6.92 Å². The minimum absolute atomic E-state index is 0.0298. The Hall–Kier alpha value is -1.69. The number of hydrogen-bond acceptors (Lipinski definition) is 2. The van der Waals surface area contributed by atoms with Gasteiger partial charge in [0.1, 0.15) is 5.54 Å². The van der Waals surface area contributed by atoms with Crippen molar-refractivity contribution in [2.45, 2.75) is 31.7 Å². The van der Waals surface area contributed by atoms with Gasteiger partial charge in [-0.1, -0.05) is 17.7 Å². The smallest absolute Gasteiger partial charge is 0.243 e. The van der Waals surface area contributed by atoms with Crippen LogP contribution in [0.2, 0.25) is 5.02 Å². The van der Waals surface area contributed by atoms with Gasteiger partial charge in [0, 0.05) is 19.4 Å². The normalized spacial score (nSPS) is 21.9. The Kier molecular flexibility index (Phi) is 4.18. The number of nitrogens with zero attached hydrogens (tertiary/aromatic N) is 1. The molecule has 0 saturated carbocycles. The van der Waals surface area contributed by atoms with Crippen LogP contribution in [-0.4, -0.2) is 28.8 Å². The fourth-order valence-electron chi connectivity index (χ4n) is 2.85. The molecule has 0 aliphatic carbocycles. The van der Waals surface area contributed by atoms with Crippen LogP contribution in [0, 0.1) is 11.6 Å². The second-order valence-electron chi connectivity index (χ2n) is 5.05. The van der Waals surface area contributed by atoms with E-state index in [0.29, 0.717) is 6.54 Å². The monoisotopic (exact) mass is 316 g/mol. The van der Waals surface area contributed by atoms with Crippen molar-refractivity contribution in [3.63, 3.8) is 0 Å². The maximum atomic E-state index is 13.5. The molecule has 4 nitrogen and oxygen atoms in total. The summed E-state index contributed by atoms with van der Waals surface area (Å²) in [6.07, 6.45) is 0.403. The molecule has 0 spiro atoms. The second kappa shape index (κ2) is 5.60. The van der Waals surface area contributed by atoms with E-state index in [9.17, 15) is 18.4 Å². The first-order valence-electron chi connectivity index (χ1n) is 6.56. The van der Waals surface area contributed by atoms with Crippen LogP contribution in [-0.2, 0) is 16.0 Å². The summed E-state index contributed by atoms with van der Waals surface area (Å²) in [6.45, 7) is 2.04. The third-order valence-corrected chi connectivity index (χ3v) is 4.35. The van der Waals surface area contributed by atoms with E-state index < -0.39 is 23.1 Å². The van der Waals surface area contributed by atoms with E-state index in [1.807, 2.05) is 0 Å². The molecule has 0 radical (unpaired) electrons. The van der Waals surface area contributed by atoms with Crippen molar-refractivity contribution in [2.24, 2.45) is 5.73 Å². The van der Waals surface area contributed by atoms with Gasteiger partial charge in [-0.2, -0.15) is 0 Å². The molecule has 1 aromatic carbocycles. The highest BCUT2D eigenvalue weighted by atomic mass is 35.5. The van der Waals surface area contributed by atoms with Crippen molar-refractivity contribution >= 4 is 23.4 Å². The summed E-state index contributed by atoms with van der Waals surface area (Å²) in [5.41, 5.74) is 4.50. The fraction of sp³-hybridized carbons (Fsp3) is 0.429. The highest BCUT2D eigenvalue weighted by molar-refractivity contribution is 6.31. The van der Waals surface area contributed by atoms with Crippen molar-refractivity contribution in [3.05, 3.63) is 34.4 Å². The van der Waals surface area contributed by atoms with Gasteiger partial charge in [0.15, 0.2) is 11.6 Å². The van der Waals surface area contributed by atoms with Crippen molar-refractivity contribution in [1.82, 2.24) is 4.90 Å². The Balaban J connectivity index is 2.45. The van der Waals surface area contributed by atoms with Crippen LogP contribution in [0.15, 0.2) is 12.1 Å². The van der Waals surface area contributed by atoms with Gasteiger partial charge in [-0.3, -0.25) is 9.59 Å². The number of hydrogen-bond donors (Lipinski definition) is 1. The van der Waals surface area contributed by atoms with Gasteiger partial charge in [-0.05, 0) is 25.0 Å². The van der Waals surface area contributed by atoms with Crippen LogP contribution in [0.1, 0.15) is 25.3 Å². The van der Waals surface area contributed by atoms with Gasteiger partial charge in [-0.15, -0.1) is 0 Å². The molecule has 0 unspecified atom stereocenters. The number of likely N-dealkylation sites (N-methyl/N-ethyl adjacent to an activating group) is 1. The number of primary amides is 1. The quantitative estimate of drug-likeness (QED) is 0.864. The van der Waals surface area contributed by atoms with Crippen LogP contribution < -0.4 is 5.73 Å². The van der Waals surface area contributed by atoms with Crippen molar-refractivity contribution < 1.29 is 18.4 Å². The third-order valence-electron chi connectivity index (χ3n) is 3.94. The predicted octanol–water partition coefficient (Wildman–Crippen LogP) is 2.03. The summed E-state index contributed by atoms with van der Waals surface area (Å²) < 4.78 is 26.7. The minimum Gasteiger partial charge on any atom is -0.368 e. The molecule has 1 aliphatic rings. The van der Waals surface area contributed by atoms with E-state index in [-0.39, 0.29) is 35.8 Å². The summed E-state index contributed by atoms with van der Waals surface area (Å²) in [7, 11) is 0. The Morgan fingerprint density at radius 1 is 1.48 bits per heavy atom. The molecule has 1 saturated heterocycles. The van der Waals surface area contributed by atoms with Gasteiger partial charge in [-0.25, -0.2) is 8.78 Å². The molecule has 0 aromatic heterocycles. The largest absolute Gasteiger partial charge is 0.368 e. The summed E-state index contributed by atoms with van der Waals surface area (Å²) in [4.78, 5) is 25.2. The lowest BCUT2D eigenvalue weighted by atomic mass is 9.87. The van der Waals surface area contributed by atoms with E-state index in [2.05, 4.69) is 0 Å². The number of benzene rings is 1. The zero-order valence-corrected chi connectivity index (χ0v) is 12.2. The summed E-state index contributed by atoms with van der Waals surface area (Å²) in [5.74, 6) is -3.08. The first-order valence-corrected chi connectivity index (χ1v) is 6.94. The zero-order chi connectivity index (χ0) is 15.8. The van der Waals surface area contributed by atoms with Crippen molar-refractivity contribution in [2.75, 3.05) is 6.54 Å². The standard InChI is InChI=1S/C14H15ClF2N2O2/c1-2-19-10(20)5-6-14(19,13(18)21)7-8-3-4-9(16)12(17)11(8)15/h3-4H,2,5-7H2,1H3,(H2,18,21)/t14-/m1/s1. The molecule has 1 atom stereocenters. The molecule has 2 amide bonds. The Morgan fingerprint density at radius 2 is 2.14 bits per heavy atom. The van der Waals surface area contributed by atoms with Gasteiger partial charge in [0.2, 0.25) is 11.8 Å². The fourth-order valence-corrected chi connectivity index (χ4v) is 3.07. The molecule has 1 fully saturated rings. The Labute approximate surface area is 125 Å². The average Bonchev–Trinajstić information content (AvgIpc) is 2.77. The van der Waals surface area contributed by atoms with Gasteiger partial charge >= 0.3 is 0 Å². The van der Waals surface area contributed by atoms with E-state index in [1.165, 1.54) is 11.0 Å². The Bertz CT molecular complexity index is 609. The number of halogens is 3. The van der Waals surface area contributed by atoms with Crippen molar-refractivity contribution in [1.29, 1.82) is 0 Å². The number of rotatable bonds is 4. The molecular formula is C14H15ClF2N2O2. The lowest BCUT2D eigenvalue weighted by Crippen LogP contribution is -2.56. The van der Waals surface area contributed by atoms with Gasteiger partial charge < -0.3 is 10.6 Å². The first kappa shape index (κ1) is 15.7. The van der Waals surface area contributed by atoms with Crippen LogP contribution in [0.4, 0.5) is 8.78 Å².